The van der Waals surface area contributed by atoms with Gasteiger partial charge < -0.3 is 29.0 Å². The summed E-state index contributed by atoms with van der Waals surface area (Å²) >= 11 is 6.19. The number of ether oxygens (including phenoxy) is 4. The largest absolute Gasteiger partial charge is 0.471 e. The monoisotopic (exact) mass is 439 g/mol. The Morgan fingerprint density at radius 2 is 1.93 bits per heavy atom. The number of aliphatic hydroxyl groups is 1. The number of nitrogens with one attached hydrogen (secondary N) is 1. The van der Waals surface area contributed by atoms with Gasteiger partial charge in [0.1, 0.15) is 41.6 Å². The number of imidazole rings is 1. The van der Waals surface area contributed by atoms with Gasteiger partial charge in [-0.05, 0) is 18.2 Å². The molecule has 4 heterocycles. The van der Waals surface area contributed by atoms with Gasteiger partial charge in [0.05, 0.1) is 24.3 Å². The molecule has 0 saturated carbocycles. The molecule has 158 valence electrons. The first-order valence-electron chi connectivity index (χ1n) is 9.19. The van der Waals surface area contributed by atoms with Crippen LogP contribution in [0.1, 0.15) is 5.56 Å². The molecule has 0 aliphatic carbocycles. The summed E-state index contributed by atoms with van der Waals surface area (Å²) in [5.74, 6) is -1.46. The molecular weight excluding hydrogens is 424 g/mol. The van der Waals surface area contributed by atoms with Crippen LogP contribution in [0.4, 0.5) is 8.78 Å². The van der Waals surface area contributed by atoms with Crippen LogP contribution in [0, 0.1) is 11.6 Å². The number of halogens is 3. The summed E-state index contributed by atoms with van der Waals surface area (Å²) < 4.78 is 49.8. The van der Waals surface area contributed by atoms with Crippen molar-refractivity contribution in [3.63, 3.8) is 0 Å². The Morgan fingerprint density at radius 3 is 2.73 bits per heavy atom. The minimum Gasteiger partial charge on any atom is -0.471 e. The minimum atomic E-state index is -0.723. The summed E-state index contributed by atoms with van der Waals surface area (Å²) in [6.45, 7) is 0.0582. The average Bonchev–Trinajstić information content (AvgIpc) is 3.39. The van der Waals surface area contributed by atoms with Gasteiger partial charge in [0.25, 0.3) is 6.01 Å². The molecule has 30 heavy (non-hydrogen) atoms. The summed E-state index contributed by atoms with van der Waals surface area (Å²) in [5, 5.41) is 9.95. The van der Waals surface area contributed by atoms with Crippen molar-refractivity contribution >= 4 is 22.8 Å². The summed E-state index contributed by atoms with van der Waals surface area (Å²) in [7, 11) is 0. The third-order valence-corrected chi connectivity index (χ3v) is 5.30. The van der Waals surface area contributed by atoms with Crippen molar-refractivity contribution in [3.8, 4) is 11.9 Å². The van der Waals surface area contributed by atoms with E-state index in [4.69, 9.17) is 30.5 Å². The molecule has 2 N–H and O–H groups in total. The molecule has 2 saturated heterocycles. The van der Waals surface area contributed by atoms with Crippen molar-refractivity contribution in [2.45, 2.75) is 31.0 Å². The standard InChI is InChI=1S/C19H16ClF2N3O5/c20-9-4-12-17(24-18(9)29-5-8-10(21)2-1-3-11(8)22)25-19(23-12)30-14-7-28-15-13(26)6-27-16(14)15/h1-4,13-16,26H,5-7H2,(H,23,24,25)/t13-,14-,15-,16-/m1/s1. The highest BCUT2D eigenvalue weighted by Gasteiger charge is 2.48. The third-order valence-electron chi connectivity index (χ3n) is 5.03. The van der Waals surface area contributed by atoms with E-state index in [0.717, 1.165) is 12.1 Å². The van der Waals surface area contributed by atoms with E-state index >= 15 is 0 Å². The van der Waals surface area contributed by atoms with Crippen LogP contribution < -0.4 is 9.47 Å². The Labute approximate surface area is 173 Å². The van der Waals surface area contributed by atoms with Gasteiger partial charge in [-0.3, -0.25) is 0 Å². The highest BCUT2D eigenvalue weighted by molar-refractivity contribution is 6.32. The van der Waals surface area contributed by atoms with Crippen molar-refractivity contribution in [1.82, 2.24) is 15.0 Å². The number of pyridine rings is 1. The number of rotatable bonds is 5. The van der Waals surface area contributed by atoms with E-state index in [0.29, 0.717) is 5.52 Å². The van der Waals surface area contributed by atoms with E-state index < -0.39 is 29.9 Å². The number of aliphatic hydroxyl groups excluding tert-OH is 1. The van der Waals surface area contributed by atoms with Crippen molar-refractivity contribution in [2.75, 3.05) is 13.2 Å². The van der Waals surface area contributed by atoms with Crippen molar-refractivity contribution in [3.05, 3.63) is 46.5 Å². The van der Waals surface area contributed by atoms with Crippen LogP contribution in [-0.2, 0) is 16.1 Å². The second-order valence-corrected chi connectivity index (χ2v) is 7.40. The summed E-state index contributed by atoms with van der Waals surface area (Å²) in [6.07, 6.45) is -1.94. The number of hydrogen-bond acceptors (Lipinski definition) is 7. The molecule has 1 aromatic carbocycles. The number of H-pyrrole nitrogens is 1. The van der Waals surface area contributed by atoms with Gasteiger partial charge in [-0.25, -0.2) is 8.78 Å². The molecule has 0 spiro atoms. The second kappa shape index (κ2) is 7.62. The van der Waals surface area contributed by atoms with E-state index in [9.17, 15) is 13.9 Å². The normalized spacial score (nSPS) is 25.6. The molecule has 4 atom stereocenters. The molecule has 0 amide bonds. The van der Waals surface area contributed by atoms with Crippen molar-refractivity contribution < 1.29 is 32.8 Å². The number of fused-ring (bicyclic) bond motifs is 2. The van der Waals surface area contributed by atoms with Crippen LogP contribution in [0.5, 0.6) is 11.9 Å². The molecule has 11 heteroatoms. The number of aromatic amines is 1. The molecule has 0 unspecified atom stereocenters. The first-order valence-corrected chi connectivity index (χ1v) is 9.57. The Hall–Kier alpha value is -2.53. The van der Waals surface area contributed by atoms with E-state index in [1.807, 2.05) is 0 Å². The Bertz CT molecular complexity index is 1080. The average molecular weight is 440 g/mol. The zero-order valence-corrected chi connectivity index (χ0v) is 16.1. The highest BCUT2D eigenvalue weighted by atomic mass is 35.5. The quantitative estimate of drug-likeness (QED) is 0.629. The zero-order chi connectivity index (χ0) is 20.8. The number of hydrogen-bond donors (Lipinski definition) is 2. The minimum absolute atomic E-state index is 0.0172. The molecular formula is C19H16ClF2N3O5. The molecule has 8 nitrogen and oxygen atoms in total. The van der Waals surface area contributed by atoms with Gasteiger partial charge in [-0.15, -0.1) is 0 Å². The first-order chi connectivity index (χ1) is 14.5. The smallest absolute Gasteiger partial charge is 0.296 e. The van der Waals surface area contributed by atoms with Gasteiger partial charge in [-0.1, -0.05) is 17.7 Å². The predicted molar refractivity (Wildman–Crippen MR) is 99.5 cm³/mol. The fourth-order valence-corrected chi connectivity index (χ4v) is 3.74. The SMILES string of the molecule is O[C@@H]1CO[C@H]2[C@@H]1OC[C@H]2Oc1nc2nc(OCc3c(F)cccc3F)c(Cl)cc2[nH]1. The molecule has 2 aliphatic heterocycles. The van der Waals surface area contributed by atoms with Gasteiger partial charge in [-0.2, -0.15) is 9.97 Å². The fourth-order valence-electron chi connectivity index (χ4n) is 3.54. The Balaban J connectivity index is 1.33. The van der Waals surface area contributed by atoms with Crippen molar-refractivity contribution in [1.29, 1.82) is 0 Å². The Morgan fingerprint density at radius 1 is 1.17 bits per heavy atom. The van der Waals surface area contributed by atoms with Gasteiger partial charge in [0.2, 0.25) is 5.88 Å². The third kappa shape index (κ3) is 3.45. The van der Waals surface area contributed by atoms with E-state index in [1.165, 1.54) is 12.1 Å². The number of aromatic nitrogens is 3. The van der Waals surface area contributed by atoms with Crippen LogP contribution in [0.15, 0.2) is 24.3 Å². The second-order valence-electron chi connectivity index (χ2n) is 7.00. The molecule has 2 aliphatic rings. The fraction of sp³-hybridized carbons (Fsp3) is 0.368. The maximum Gasteiger partial charge on any atom is 0.296 e. The van der Waals surface area contributed by atoms with E-state index in [-0.39, 0.29) is 54.0 Å². The van der Waals surface area contributed by atoms with Crippen LogP contribution in [-0.4, -0.2) is 57.7 Å². The molecule has 2 fully saturated rings. The Kier molecular flexibility index (Phi) is 4.94. The lowest BCUT2D eigenvalue weighted by Crippen LogP contribution is -2.34. The van der Waals surface area contributed by atoms with Crippen LogP contribution in [0.2, 0.25) is 5.02 Å². The zero-order valence-electron chi connectivity index (χ0n) is 15.3. The topological polar surface area (TPSA) is 98.7 Å². The molecule has 5 rings (SSSR count). The van der Waals surface area contributed by atoms with Crippen molar-refractivity contribution in [2.24, 2.45) is 0 Å². The lowest BCUT2D eigenvalue weighted by Gasteiger charge is -2.15. The molecule has 0 radical (unpaired) electrons. The summed E-state index contributed by atoms with van der Waals surface area (Å²) in [5.41, 5.74) is 0.513. The number of nitrogens with zero attached hydrogens (tertiary/aromatic N) is 2. The lowest BCUT2D eigenvalue weighted by atomic mass is 10.1. The molecule has 0 bridgehead atoms. The summed E-state index contributed by atoms with van der Waals surface area (Å²) in [6, 6.07) is 5.25. The van der Waals surface area contributed by atoms with E-state index in [2.05, 4.69) is 15.0 Å². The van der Waals surface area contributed by atoms with Crippen LogP contribution in [0.3, 0.4) is 0 Å². The highest BCUT2D eigenvalue weighted by Crippen LogP contribution is 2.31. The van der Waals surface area contributed by atoms with Gasteiger partial charge in [0.15, 0.2) is 11.8 Å². The number of benzene rings is 1. The van der Waals surface area contributed by atoms with Crippen LogP contribution in [0.25, 0.3) is 11.2 Å². The lowest BCUT2D eigenvalue weighted by molar-refractivity contribution is 0.00706. The van der Waals surface area contributed by atoms with Crippen LogP contribution >= 0.6 is 11.6 Å². The maximum atomic E-state index is 13.8. The van der Waals surface area contributed by atoms with Gasteiger partial charge in [0, 0.05) is 0 Å². The maximum absolute atomic E-state index is 13.8. The molecule has 3 aromatic rings. The first kappa shape index (κ1) is 19.4. The summed E-state index contributed by atoms with van der Waals surface area (Å²) in [4.78, 5) is 11.4. The molecule has 2 aromatic heterocycles. The van der Waals surface area contributed by atoms with Gasteiger partial charge >= 0.3 is 0 Å². The predicted octanol–water partition coefficient (Wildman–Crippen LogP) is 2.37. The van der Waals surface area contributed by atoms with E-state index in [1.54, 1.807) is 0 Å².